The van der Waals surface area contributed by atoms with Gasteiger partial charge in [0.1, 0.15) is 0 Å². The second-order valence-electron chi connectivity index (χ2n) is 4.25. The van der Waals surface area contributed by atoms with E-state index in [-0.39, 0.29) is 12.6 Å². The van der Waals surface area contributed by atoms with Crippen molar-refractivity contribution in [1.82, 2.24) is 15.3 Å². The van der Waals surface area contributed by atoms with Crippen molar-refractivity contribution < 1.29 is 9.22 Å². The van der Waals surface area contributed by atoms with Gasteiger partial charge in [-0.3, -0.25) is 9.80 Å². The minimum atomic E-state index is -0.0222. The molecule has 1 rings (SSSR count). The average molecular weight is 234 g/mol. The molecular formula is C10H23FN4O. The van der Waals surface area contributed by atoms with Crippen molar-refractivity contribution >= 4 is 0 Å². The highest BCUT2D eigenvalue weighted by Gasteiger charge is 2.19. The number of nitrogens with two attached hydrogens (primary N) is 1. The summed E-state index contributed by atoms with van der Waals surface area (Å²) in [5, 5.41) is 0. The summed E-state index contributed by atoms with van der Waals surface area (Å²) in [5.74, 6) is 0. The highest BCUT2D eigenvalue weighted by atomic mass is 19.2. The van der Waals surface area contributed by atoms with Crippen molar-refractivity contribution in [2.75, 3.05) is 53.0 Å². The lowest BCUT2D eigenvalue weighted by atomic mass is 10.2. The third-order valence-electron chi connectivity index (χ3n) is 2.85. The monoisotopic (exact) mass is 234 g/mol. The zero-order valence-electron chi connectivity index (χ0n) is 9.99. The van der Waals surface area contributed by atoms with Crippen LogP contribution in [-0.4, -0.2) is 69.0 Å². The molecule has 0 bridgehead atoms. The van der Waals surface area contributed by atoms with E-state index in [1.807, 2.05) is 7.05 Å². The van der Waals surface area contributed by atoms with Crippen LogP contribution in [0.15, 0.2) is 0 Å². The Hall–Kier alpha value is -0.270. The summed E-state index contributed by atoms with van der Waals surface area (Å²) in [7, 11) is 2.01. The predicted molar refractivity (Wildman–Crippen MR) is 61.6 cm³/mol. The molecule has 0 aromatic heterocycles. The van der Waals surface area contributed by atoms with Crippen molar-refractivity contribution in [2.24, 2.45) is 5.73 Å². The van der Waals surface area contributed by atoms with Crippen LogP contribution >= 0.6 is 0 Å². The molecule has 1 unspecified atom stereocenters. The molecule has 0 spiro atoms. The molecule has 1 aliphatic rings. The maximum atomic E-state index is 11.9. The van der Waals surface area contributed by atoms with Gasteiger partial charge in [0, 0.05) is 26.3 Å². The Labute approximate surface area is 96.6 Å². The molecule has 0 saturated carbocycles. The Bertz CT molecular complexity index is 182. The van der Waals surface area contributed by atoms with Gasteiger partial charge in [-0.05, 0) is 20.0 Å². The van der Waals surface area contributed by atoms with Gasteiger partial charge in [0.25, 0.3) is 0 Å². The number of nitrogens with zero attached hydrogens (tertiary/aromatic N) is 2. The van der Waals surface area contributed by atoms with Crippen LogP contribution in [0, 0.1) is 0 Å². The Balaban J connectivity index is 2.11. The molecule has 6 heteroatoms. The molecule has 5 nitrogen and oxygen atoms in total. The molecule has 0 aromatic carbocycles. The standard InChI is InChI=1S/C10H23FN4O/c1-14(9-12)3-2-4-15-5-6-16-10(8-15)7-13-11/h10,13H,2-9,12H2,1H3. The van der Waals surface area contributed by atoms with E-state index in [1.54, 1.807) is 5.54 Å². The highest BCUT2D eigenvalue weighted by Crippen LogP contribution is 2.05. The zero-order chi connectivity index (χ0) is 11.8. The molecule has 16 heavy (non-hydrogen) atoms. The fourth-order valence-corrected chi connectivity index (χ4v) is 1.85. The molecule has 1 fully saturated rings. The maximum Gasteiger partial charge on any atom is 0.0852 e. The van der Waals surface area contributed by atoms with Gasteiger partial charge >= 0.3 is 0 Å². The lowest BCUT2D eigenvalue weighted by molar-refractivity contribution is -0.0340. The van der Waals surface area contributed by atoms with Crippen molar-refractivity contribution in [3.05, 3.63) is 0 Å². The quantitative estimate of drug-likeness (QED) is 0.455. The van der Waals surface area contributed by atoms with Crippen molar-refractivity contribution in [3.8, 4) is 0 Å². The van der Waals surface area contributed by atoms with Crippen LogP contribution in [0.1, 0.15) is 6.42 Å². The summed E-state index contributed by atoms with van der Waals surface area (Å²) in [4.78, 5) is 4.40. The summed E-state index contributed by atoms with van der Waals surface area (Å²) in [6, 6.07) is 0. The van der Waals surface area contributed by atoms with E-state index in [2.05, 4.69) is 9.80 Å². The third kappa shape index (κ3) is 5.18. The van der Waals surface area contributed by atoms with E-state index in [9.17, 15) is 4.48 Å². The van der Waals surface area contributed by atoms with Gasteiger partial charge in [0.2, 0.25) is 0 Å². The van der Waals surface area contributed by atoms with Crippen LogP contribution in [0.25, 0.3) is 0 Å². The molecular weight excluding hydrogens is 211 g/mol. The minimum Gasteiger partial charge on any atom is -0.374 e. The maximum absolute atomic E-state index is 11.9. The van der Waals surface area contributed by atoms with Crippen LogP contribution in [0.3, 0.4) is 0 Å². The summed E-state index contributed by atoms with van der Waals surface area (Å²) in [6.45, 7) is 5.34. The fraction of sp³-hybridized carbons (Fsp3) is 1.00. The van der Waals surface area contributed by atoms with Gasteiger partial charge in [-0.15, -0.1) is 4.48 Å². The van der Waals surface area contributed by atoms with Crippen LogP contribution in [0.4, 0.5) is 4.48 Å². The molecule has 0 radical (unpaired) electrons. The Morgan fingerprint density at radius 1 is 1.62 bits per heavy atom. The first-order chi connectivity index (χ1) is 7.76. The molecule has 96 valence electrons. The van der Waals surface area contributed by atoms with Gasteiger partial charge < -0.3 is 10.5 Å². The van der Waals surface area contributed by atoms with E-state index >= 15 is 0 Å². The number of morpholine rings is 1. The number of ether oxygens (including phenoxy) is 1. The van der Waals surface area contributed by atoms with E-state index < -0.39 is 0 Å². The molecule has 0 amide bonds. The lowest BCUT2D eigenvalue weighted by Crippen LogP contribution is -2.46. The van der Waals surface area contributed by atoms with Crippen LogP contribution in [-0.2, 0) is 4.74 Å². The first-order valence-corrected chi connectivity index (χ1v) is 5.82. The molecule has 3 N–H and O–H groups in total. The number of halogens is 1. The van der Waals surface area contributed by atoms with Gasteiger partial charge in [-0.1, -0.05) is 0 Å². The Kier molecular flexibility index (Phi) is 6.82. The molecule has 0 aliphatic carbocycles. The molecule has 0 aromatic rings. The van der Waals surface area contributed by atoms with Crippen molar-refractivity contribution in [1.29, 1.82) is 0 Å². The van der Waals surface area contributed by atoms with Crippen LogP contribution in [0.5, 0.6) is 0 Å². The second-order valence-corrected chi connectivity index (χ2v) is 4.25. The topological polar surface area (TPSA) is 53.8 Å². The van der Waals surface area contributed by atoms with E-state index in [4.69, 9.17) is 10.5 Å². The third-order valence-corrected chi connectivity index (χ3v) is 2.85. The summed E-state index contributed by atoms with van der Waals surface area (Å²) >= 11 is 0. The van der Waals surface area contributed by atoms with Gasteiger partial charge in [0.15, 0.2) is 0 Å². The second kappa shape index (κ2) is 7.92. The summed E-state index contributed by atoms with van der Waals surface area (Å²) in [5.41, 5.74) is 7.16. The van der Waals surface area contributed by atoms with Gasteiger partial charge in [-0.25, -0.2) is 0 Å². The minimum absolute atomic E-state index is 0.0222. The smallest absolute Gasteiger partial charge is 0.0852 e. The largest absolute Gasteiger partial charge is 0.374 e. The van der Waals surface area contributed by atoms with E-state index in [1.165, 1.54) is 0 Å². The Morgan fingerprint density at radius 2 is 2.44 bits per heavy atom. The highest BCUT2D eigenvalue weighted by molar-refractivity contribution is 4.72. The van der Waals surface area contributed by atoms with Gasteiger partial charge in [-0.2, -0.15) is 5.54 Å². The SMILES string of the molecule is CN(CN)CCCN1CCOC(CNF)C1. The lowest BCUT2D eigenvalue weighted by Gasteiger charge is -2.32. The first kappa shape index (κ1) is 13.8. The van der Waals surface area contributed by atoms with Crippen LogP contribution < -0.4 is 11.3 Å². The number of hydrogen-bond acceptors (Lipinski definition) is 5. The van der Waals surface area contributed by atoms with E-state index in [0.717, 1.165) is 32.6 Å². The van der Waals surface area contributed by atoms with Gasteiger partial charge in [0.05, 0.1) is 19.3 Å². The normalized spacial score (nSPS) is 22.9. The van der Waals surface area contributed by atoms with Crippen molar-refractivity contribution in [2.45, 2.75) is 12.5 Å². The molecule has 1 aliphatic heterocycles. The zero-order valence-corrected chi connectivity index (χ0v) is 9.99. The fourth-order valence-electron chi connectivity index (χ4n) is 1.85. The summed E-state index contributed by atoms with van der Waals surface area (Å²) in [6.07, 6.45) is 1.06. The molecule has 1 heterocycles. The Morgan fingerprint density at radius 3 is 3.12 bits per heavy atom. The average Bonchev–Trinajstić information content (AvgIpc) is 2.30. The summed E-state index contributed by atoms with van der Waals surface area (Å²) < 4.78 is 17.4. The van der Waals surface area contributed by atoms with Crippen LogP contribution in [0.2, 0.25) is 0 Å². The number of nitrogens with one attached hydrogen (secondary N) is 1. The van der Waals surface area contributed by atoms with Crippen molar-refractivity contribution in [3.63, 3.8) is 0 Å². The molecule has 1 atom stereocenters. The first-order valence-electron chi connectivity index (χ1n) is 5.82. The molecule has 1 saturated heterocycles. The number of rotatable bonds is 7. The van der Waals surface area contributed by atoms with E-state index in [0.29, 0.717) is 13.3 Å². The predicted octanol–water partition coefficient (Wildman–Crippen LogP) is -0.601. The number of hydrogen-bond donors (Lipinski definition) is 2.